The number of benzene rings is 9. The molecule has 1 aromatic heterocycles. The second-order valence-electron chi connectivity index (χ2n) is 14.2. The summed E-state index contributed by atoms with van der Waals surface area (Å²) in [6.45, 7) is 0. The van der Waals surface area contributed by atoms with Crippen molar-refractivity contribution in [1.29, 1.82) is 0 Å². The molecule has 0 aliphatic rings. The van der Waals surface area contributed by atoms with E-state index < -0.39 is 0 Å². The predicted octanol–water partition coefficient (Wildman–Crippen LogP) is 14.8. The minimum absolute atomic E-state index is 1.15. The van der Waals surface area contributed by atoms with Crippen molar-refractivity contribution in [3.8, 4) is 72.4 Å². The van der Waals surface area contributed by atoms with Gasteiger partial charge in [-0.25, -0.2) is 0 Å². The van der Waals surface area contributed by atoms with Gasteiger partial charge in [0.1, 0.15) is 0 Å². The van der Waals surface area contributed by atoms with Gasteiger partial charge in [0.25, 0.3) is 0 Å². The second-order valence-corrected chi connectivity index (χ2v) is 14.2. The zero-order chi connectivity index (χ0) is 36.6. The highest BCUT2D eigenvalue weighted by atomic mass is 15.0. The number of fused-ring (bicyclic) bond motifs is 3. The lowest BCUT2D eigenvalue weighted by Gasteiger charge is -2.15. The number of aromatic nitrogens is 1. The summed E-state index contributed by atoms with van der Waals surface area (Å²) in [5.74, 6) is 0. The second kappa shape index (κ2) is 14.0. The van der Waals surface area contributed by atoms with Crippen LogP contribution in [-0.2, 0) is 0 Å². The van der Waals surface area contributed by atoms with Crippen LogP contribution in [-0.4, -0.2) is 4.57 Å². The molecule has 0 N–H and O–H groups in total. The van der Waals surface area contributed by atoms with Gasteiger partial charge in [-0.3, -0.25) is 0 Å². The third-order valence-electron chi connectivity index (χ3n) is 10.8. The minimum Gasteiger partial charge on any atom is -0.309 e. The van der Waals surface area contributed by atoms with Crippen molar-refractivity contribution in [2.75, 3.05) is 0 Å². The van der Waals surface area contributed by atoms with Gasteiger partial charge in [-0.05, 0) is 104 Å². The fraction of sp³-hybridized carbons (Fsp3) is 0. The Morgan fingerprint density at radius 1 is 0.236 bits per heavy atom. The normalized spacial score (nSPS) is 11.3. The Balaban J connectivity index is 1.14. The van der Waals surface area contributed by atoms with Crippen LogP contribution in [0.4, 0.5) is 0 Å². The lowest BCUT2D eigenvalue weighted by Crippen LogP contribution is -1.96. The first kappa shape index (κ1) is 32.4. The van der Waals surface area contributed by atoms with Crippen molar-refractivity contribution in [3.05, 3.63) is 224 Å². The fourth-order valence-electron chi connectivity index (χ4n) is 8.05. The van der Waals surface area contributed by atoms with E-state index in [4.69, 9.17) is 0 Å². The highest BCUT2D eigenvalue weighted by Crippen LogP contribution is 2.42. The average molecular weight is 700 g/mol. The number of hydrogen-bond acceptors (Lipinski definition) is 0. The monoisotopic (exact) mass is 699 g/mol. The van der Waals surface area contributed by atoms with Crippen LogP contribution in [0.2, 0.25) is 0 Å². The van der Waals surface area contributed by atoms with Crippen LogP contribution < -0.4 is 0 Å². The zero-order valence-corrected chi connectivity index (χ0v) is 30.3. The maximum atomic E-state index is 2.44. The molecular formula is C54H37N. The molecule has 0 unspecified atom stereocenters. The highest BCUT2D eigenvalue weighted by Gasteiger charge is 2.19. The molecule has 9 aromatic carbocycles. The molecule has 0 aliphatic heterocycles. The SMILES string of the molecule is c1ccc(-c2ccc(-c3cccc(-c4cc(-c5cccc(-c6ccc(-c7ccccc7)cc6)c5)c5c(c4)c4ccccc4n5-c4ccccc4)c3)cc2)cc1. The number of rotatable bonds is 7. The van der Waals surface area contributed by atoms with Crippen molar-refractivity contribution < 1.29 is 0 Å². The Labute approximate surface area is 322 Å². The third-order valence-corrected chi connectivity index (χ3v) is 10.8. The number of nitrogens with zero attached hydrogens (tertiary/aromatic N) is 1. The molecule has 0 saturated carbocycles. The van der Waals surface area contributed by atoms with Crippen molar-refractivity contribution >= 4 is 21.8 Å². The average Bonchev–Trinajstić information content (AvgIpc) is 3.61. The van der Waals surface area contributed by atoms with E-state index in [-0.39, 0.29) is 0 Å². The van der Waals surface area contributed by atoms with E-state index >= 15 is 0 Å². The van der Waals surface area contributed by atoms with Crippen molar-refractivity contribution in [2.45, 2.75) is 0 Å². The molecule has 1 heteroatoms. The Hall–Kier alpha value is -7.22. The summed E-state index contributed by atoms with van der Waals surface area (Å²) in [5, 5.41) is 2.48. The van der Waals surface area contributed by atoms with Crippen molar-refractivity contribution in [3.63, 3.8) is 0 Å². The van der Waals surface area contributed by atoms with Crippen LogP contribution in [0.5, 0.6) is 0 Å². The van der Waals surface area contributed by atoms with Crippen LogP contribution in [0.15, 0.2) is 224 Å². The molecule has 0 amide bonds. The topological polar surface area (TPSA) is 4.93 Å². The summed E-state index contributed by atoms with van der Waals surface area (Å²) in [5.41, 5.74) is 18.0. The largest absolute Gasteiger partial charge is 0.309 e. The van der Waals surface area contributed by atoms with Crippen LogP contribution >= 0.6 is 0 Å². The van der Waals surface area contributed by atoms with Crippen molar-refractivity contribution in [2.24, 2.45) is 0 Å². The zero-order valence-electron chi connectivity index (χ0n) is 30.3. The highest BCUT2D eigenvalue weighted by molar-refractivity contribution is 6.15. The summed E-state index contributed by atoms with van der Waals surface area (Å²) >= 11 is 0. The summed E-state index contributed by atoms with van der Waals surface area (Å²) in [7, 11) is 0. The van der Waals surface area contributed by atoms with Gasteiger partial charge in [-0.2, -0.15) is 0 Å². The number of para-hydroxylation sites is 2. The van der Waals surface area contributed by atoms with Gasteiger partial charge in [0.05, 0.1) is 11.0 Å². The van der Waals surface area contributed by atoms with E-state index in [1.54, 1.807) is 0 Å². The molecule has 258 valence electrons. The molecule has 55 heavy (non-hydrogen) atoms. The molecule has 0 atom stereocenters. The molecule has 0 saturated heterocycles. The lowest BCUT2D eigenvalue weighted by molar-refractivity contribution is 1.18. The maximum absolute atomic E-state index is 2.44. The van der Waals surface area contributed by atoms with Gasteiger partial charge in [0, 0.05) is 22.0 Å². The Bertz CT molecular complexity index is 2920. The summed E-state index contributed by atoms with van der Waals surface area (Å²) in [6.07, 6.45) is 0. The summed E-state index contributed by atoms with van der Waals surface area (Å²) < 4.78 is 2.44. The first-order valence-corrected chi connectivity index (χ1v) is 18.9. The Morgan fingerprint density at radius 3 is 1.20 bits per heavy atom. The molecular weight excluding hydrogens is 663 g/mol. The van der Waals surface area contributed by atoms with E-state index in [2.05, 4.69) is 229 Å². The third kappa shape index (κ3) is 6.12. The van der Waals surface area contributed by atoms with E-state index in [0.29, 0.717) is 0 Å². The van der Waals surface area contributed by atoms with Gasteiger partial charge < -0.3 is 4.57 Å². The Morgan fingerprint density at radius 2 is 0.636 bits per heavy atom. The molecule has 1 nitrogen and oxygen atoms in total. The van der Waals surface area contributed by atoms with Gasteiger partial charge in [0.2, 0.25) is 0 Å². The quantitative estimate of drug-likeness (QED) is 0.156. The number of hydrogen-bond donors (Lipinski definition) is 0. The predicted molar refractivity (Wildman–Crippen MR) is 233 cm³/mol. The van der Waals surface area contributed by atoms with Crippen LogP contribution in [0.3, 0.4) is 0 Å². The van der Waals surface area contributed by atoms with E-state index in [1.165, 1.54) is 88.6 Å². The van der Waals surface area contributed by atoms with Gasteiger partial charge >= 0.3 is 0 Å². The minimum atomic E-state index is 1.15. The van der Waals surface area contributed by atoms with Crippen LogP contribution in [0, 0.1) is 0 Å². The molecule has 10 aromatic rings. The van der Waals surface area contributed by atoms with E-state index in [0.717, 1.165) is 5.69 Å². The van der Waals surface area contributed by atoms with Crippen LogP contribution in [0.25, 0.3) is 94.3 Å². The maximum Gasteiger partial charge on any atom is 0.0619 e. The van der Waals surface area contributed by atoms with Crippen molar-refractivity contribution in [1.82, 2.24) is 4.57 Å². The first-order valence-electron chi connectivity index (χ1n) is 18.9. The summed E-state index contributed by atoms with van der Waals surface area (Å²) in [4.78, 5) is 0. The first-order chi connectivity index (χ1) is 27.3. The molecule has 0 fully saturated rings. The smallest absolute Gasteiger partial charge is 0.0619 e. The van der Waals surface area contributed by atoms with Gasteiger partial charge in [-0.15, -0.1) is 0 Å². The Kier molecular flexibility index (Phi) is 8.24. The van der Waals surface area contributed by atoms with E-state index in [1.807, 2.05) is 0 Å². The summed E-state index contributed by atoms with van der Waals surface area (Å²) in [6, 6.07) is 81.4. The lowest BCUT2D eigenvalue weighted by atomic mass is 9.92. The van der Waals surface area contributed by atoms with Gasteiger partial charge in [0.15, 0.2) is 0 Å². The van der Waals surface area contributed by atoms with Gasteiger partial charge in [-0.1, -0.05) is 182 Å². The standard InChI is InChI=1S/C54H37N/c1-4-14-38(15-5-1)40-26-30-42(31-27-40)44-18-12-20-46(34-44)48-36-51(54-52(37-48)50-24-10-11-25-53(50)55(54)49-22-8-3-9-23-49)47-21-13-19-45(35-47)43-32-28-41(29-33-43)39-16-6-2-7-17-39/h1-37H. The molecule has 0 spiro atoms. The molecule has 0 radical (unpaired) electrons. The molecule has 0 bridgehead atoms. The molecule has 10 rings (SSSR count). The molecule has 0 aliphatic carbocycles. The molecule has 1 heterocycles. The van der Waals surface area contributed by atoms with E-state index in [9.17, 15) is 0 Å². The van der Waals surface area contributed by atoms with Crippen LogP contribution in [0.1, 0.15) is 0 Å². The fourth-order valence-corrected chi connectivity index (χ4v) is 8.05.